The van der Waals surface area contributed by atoms with Crippen molar-refractivity contribution in [1.82, 2.24) is 25.1 Å². The summed E-state index contributed by atoms with van der Waals surface area (Å²) in [6.45, 7) is 3.92. The number of benzene rings is 1. The van der Waals surface area contributed by atoms with Gasteiger partial charge in [0.1, 0.15) is 5.69 Å². The summed E-state index contributed by atoms with van der Waals surface area (Å²) in [5, 5.41) is 12.3. The van der Waals surface area contributed by atoms with Crippen LogP contribution < -0.4 is 10.9 Å². The molecule has 0 bridgehead atoms. The number of nitrogens with one attached hydrogen (secondary N) is 1. The van der Waals surface area contributed by atoms with Gasteiger partial charge in [0.25, 0.3) is 11.5 Å². The first-order chi connectivity index (χ1) is 15.4. The maximum absolute atomic E-state index is 13.5. The Morgan fingerprint density at radius 2 is 1.81 bits per heavy atom. The van der Waals surface area contributed by atoms with Crippen molar-refractivity contribution in [2.45, 2.75) is 32.7 Å². The Bertz CT molecular complexity index is 1440. The van der Waals surface area contributed by atoms with Gasteiger partial charge in [-0.05, 0) is 67.6 Å². The molecule has 32 heavy (non-hydrogen) atoms. The summed E-state index contributed by atoms with van der Waals surface area (Å²) >= 11 is 0. The summed E-state index contributed by atoms with van der Waals surface area (Å²) in [4.78, 5) is 30.3. The van der Waals surface area contributed by atoms with E-state index in [1.807, 2.05) is 32.0 Å². The van der Waals surface area contributed by atoms with Gasteiger partial charge in [-0.25, -0.2) is 0 Å². The van der Waals surface area contributed by atoms with Crippen molar-refractivity contribution < 1.29 is 4.79 Å². The van der Waals surface area contributed by atoms with Gasteiger partial charge in [-0.15, -0.1) is 5.10 Å². The molecule has 1 fully saturated rings. The average molecular weight is 425 g/mol. The zero-order valence-electron chi connectivity index (χ0n) is 18.2. The minimum absolute atomic E-state index is 0.105. The van der Waals surface area contributed by atoms with Crippen LogP contribution in [-0.4, -0.2) is 31.7 Å². The van der Waals surface area contributed by atoms with Crippen molar-refractivity contribution >= 4 is 16.8 Å². The standard InChI is InChI=1S/C25H23N5O2/c1-14-4-5-16(24(31)28-18-6-7-18)10-19(14)20-11-17-12-27-29-22(23(17)30(3)25(20)32)21-13-26-9-8-15(21)2/h4-5,8-13,18H,6-7H2,1-3H3,(H,28,31). The molecule has 160 valence electrons. The van der Waals surface area contributed by atoms with Crippen molar-refractivity contribution in [3.8, 4) is 22.4 Å². The van der Waals surface area contributed by atoms with E-state index in [4.69, 9.17) is 0 Å². The number of aromatic nitrogens is 4. The van der Waals surface area contributed by atoms with Gasteiger partial charge in [-0.2, -0.15) is 5.10 Å². The third kappa shape index (κ3) is 3.45. The van der Waals surface area contributed by atoms with E-state index in [0.717, 1.165) is 40.5 Å². The van der Waals surface area contributed by atoms with E-state index >= 15 is 0 Å². The molecule has 4 aromatic rings. The second-order valence-electron chi connectivity index (χ2n) is 8.39. The molecule has 0 aliphatic heterocycles. The van der Waals surface area contributed by atoms with Gasteiger partial charge in [-0.1, -0.05) is 6.07 Å². The molecule has 1 aliphatic carbocycles. The summed E-state index contributed by atoms with van der Waals surface area (Å²) in [5.41, 5.74) is 5.75. The largest absolute Gasteiger partial charge is 0.349 e. The second-order valence-corrected chi connectivity index (χ2v) is 8.39. The van der Waals surface area contributed by atoms with Gasteiger partial charge in [0.15, 0.2) is 0 Å². The minimum atomic E-state index is -0.156. The molecule has 0 unspecified atom stereocenters. The number of rotatable bonds is 4. The van der Waals surface area contributed by atoms with Crippen LogP contribution in [0.3, 0.4) is 0 Å². The lowest BCUT2D eigenvalue weighted by molar-refractivity contribution is 0.0951. The maximum Gasteiger partial charge on any atom is 0.258 e. The van der Waals surface area contributed by atoms with Gasteiger partial charge < -0.3 is 9.88 Å². The molecule has 0 atom stereocenters. The maximum atomic E-state index is 13.5. The predicted molar refractivity (Wildman–Crippen MR) is 123 cm³/mol. The molecule has 1 amide bonds. The number of hydrogen-bond donors (Lipinski definition) is 1. The van der Waals surface area contributed by atoms with Gasteiger partial charge in [0.05, 0.1) is 11.7 Å². The highest BCUT2D eigenvalue weighted by Crippen LogP contribution is 2.30. The summed E-state index contributed by atoms with van der Waals surface area (Å²) in [7, 11) is 1.74. The Labute approximate surface area is 185 Å². The molecule has 0 radical (unpaired) electrons. The Morgan fingerprint density at radius 1 is 1.03 bits per heavy atom. The molecule has 0 saturated heterocycles. The van der Waals surface area contributed by atoms with E-state index in [9.17, 15) is 9.59 Å². The molecule has 0 spiro atoms. The number of amides is 1. The highest BCUT2D eigenvalue weighted by atomic mass is 16.1. The zero-order chi connectivity index (χ0) is 22.4. The smallest absolute Gasteiger partial charge is 0.258 e. The summed E-state index contributed by atoms with van der Waals surface area (Å²) in [5.74, 6) is -0.105. The van der Waals surface area contributed by atoms with Crippen LogP contribution in [0, 0.1) is 13.8 Å². The van der Waals surface area contributed by atoms with E-state index in [2.05, 4.69) is 20.5 Å². The lowest BCUT2D eigenvalue weighted by Gasteiger charge is -2.14. The zero-order valence-corrected chi connectivity index (χ0v) is 18.2. The molecular weight excluding hydrogens is 402 g/mol. The van der Waals surface area contributed by atoms with Gasteiger partial charge in [0.2, 0.25) is 0 Å². The van der Waals surface area contributed by atoms with Crippen LogP contribution in [0.25, 0.3) is 33.3 Å². The lowest BCUT2D eigenvalue weighted by Crippen LogP contribution is -2.25. The Morgan fingerprint density at radius 3 is 2.56 bits per heavy atom. The minimum Gasteiger partial charge on any atom is -0.349 e. The Balaban J connectivity index is 1.69. The number of aryl methyl sites for hydroxylation is 3. The Hall–Kier alpha value is -3.87. The van der Waals surface area contributed by atoms with Gasteiger partial charge in [-0.3, -0.25) is 14.6 Å². The van der Waals surface area contributed by atoms with Crippen LogP contribution >= 0.6 is 0 Å². The second kappa shape index (κ2) is 7.67. The van der Waals surface area contributed by atoms with Crippen molar-refractivity contribution in [2.75, 3.05) is 0 Å². The molecule has 1 aromatic carbocycles. The summed E-state index contributed by atoms with van der Waals surface area (Å²) in [6, 6.07) is 9.51. The molecular formula is C25H23N5O2. The molecule has 7 heteroatoms. The molecule has 1 aliphatic rings. The number of pyridine rings is 2. The molecule has 1 N–H and O–H groups in total. The van der Waals surface area contributed by atoms with Crippen molar-refractivity contribution in [2.24, 2.45) is 7.05 Å². The first kappa shape index (κ1) is 20.1. The third-order valence-electron chi connectivity index (χ3n) is 6.02. The predicted octanol–water partition coefficient (Wildman–Crippen LogP) is 3.57. The first-order valence-corrected chi connectivity index (χ1v) is 10.6. The monoisotopic (exact) mass is 425 g/mol. The van der Waals surface area contributed by atoms with E-state index in [-0.39, 0.29) is 17.5 Å². The topological polar surface area (TPSA) is 89.8 Å². The summed E-state index contributed by atoms with van der Waals surface area (Å²) in [6.07, 6.45) is 7.17. The van der Waals surface area contributed by atoms with Crippen LogP contribution in [0.2, 0.25) is 0 Å². The normalized spacial score (nSPS) is 13.3. The Kier molecular flexibility index (Phi) is 4.81. The lowest BCUT2D eigenvalue weighted by atomic mass is 9.97. The van der Waals surface area contributed by atoms with Gasteiger partial charge >= 0.3 is 0 Å². The highest BCUT2D eigenvalue weighted by Gasteiger charge is 2.24. The number of carbonyl (C=O) groups is 1. The molecule has 3 heterocycles. The first-order valence-electron chi connectivity index (χ1n) is 10.6. The highest BCUT2D eigenvalue weighted by molar-refractivity contribution is 5.97. The van der Waals surface area contributed by atoms with Crippen molar-refractivity contribution in [1.29, 1.82) is 0 Å². The van der Waals surface area contributed by atoms with Crippen molar-refractivity contribution in [3.05, 3.63) is 76.0 Å². The van der Waals surface area contributed by atoms with E-state index in [1.165, 1.54) is 0 Å². The van der Waals surface area contributed by atoms with Crippen LogP contribution in [0.1, 0.15) is 34.3 Å². The number of hydrogen-bond acceptors (Lipinski definition) is 5. The molecule has 5 rings (SSSR count). The van der Waals surface area contributed by atoms with Crippen molar-refractivity contribution in [3.63, 3.8) is 0 Å². The molecule has 3 aromatic heterocycles. The fourth-order valence-corrected chi connectivity index (χ4v) is 3.99. The molecule has 1 saturated carbocycles. The van der Waals surface area contributed by atoms with Crippen LogP contribution in [0.15, 0.2) is 53.7 Å². The number of carbonyl (C=O) groups excluding carboxylic acids is 1. The SMILES string of the molecule is Cc1ccc(C(=O)NC2CC2)cc1-c1cc2cnnc(-c3cnccc3C)c2n(C)c1=O. The fraction of sp³-hybridized carbons (Fsp3) is 0.240. The number of nitrogens with zero attached hydrogens (tertiary/aromatic N) is 4. The third-order valence-corrected chi connectivity index (χ3v) is 6.02. The van der Waals surface area contributed by atoms with Crippen LogP contribution in [-0.2, 0) is 7.05 Å². The van der Waals surface area contributed by atoms with E-state index in [0.29, 0.717) is 22.3 Å². The molecule has 7 nitrogen and oxygen atoms in total. The van der Waals surface area contributed by atoms with Crippen LogP contribution in [0.5, 0.6) is 0 Å². The quantitative estimate of drug-likeness (QED) is 0.540. The van der Waals surface area contributed by atoms with E-state index < -0.39 is 0 Å². The fourth-order valence-electron chi connectivity index (χ4n) is 3.99. The average Bonchev–Trinajstić information content (AvgIpc) is 3.60. The summed E-state index contributed by atoms with van der Waals surface area (Å²) < 4.78 is 1.61. The number of fused-ring (bicyclic) bond motifs is 1. The van der Waals surface area contributed by atoms with Crippen LogP contribution in [0.4, 0.5) is 0 Å². The van der Waals surface area contributed by atoms with E-state index in [1.54, 1.807) is 42.3 Å². The van der Waals surface area contributed by atoms with Gasteiger partial charge in [0, 0.05) is 47.6 Å².